The first-order valence-electron chi connectivity index (χ1n) is 8.60. The molecule has 0 atom stereocenters. The smallest absolute Gasteiger partial charge is 0.291 e. The largest absolute Gasteiger partial charge is 0.451 e. The van der Waals surface area contributed by atoms with Crippen molar-refractivity contribution in [3.63, 3.8) is 0 Å². The van der Waals surface area contributed by atoms with Crippen LogP contribution in [0.3, 0.4) is 0 Å². The lowest BCUT2D eigenvalue weighted by atomic mass is 10.1. The van der Waals surface area contributed by atoms with Crippen molar-refractivity contribution in [2.45, 2.75) is 20.3 Å². The number of nitrogens with one attached hydrogen (secondary N) is 1. The number of hydrogen-bond donors (Lipinski definition) is 1. The highest BCUT2D eigenvalue weighted by atomic mass is 16.3. The van der Waals surface area contributed by atoms with E-state index in [2.05, 4.69) is 23.4 Å². The van der Waals surface area contributed by atoms with Crippen molar-refractivity contribution in [3.8, 4) is 5.69 Å². The number of carbonyl (C=O) groups is 1. The number of aromatic nitrogens is 2. The predicted molar refractivity (Wildman–Crippen MR) is 102 cm³/mol. The van der Waals surface area contributed by atoms with Gasteiger partial charge < -0.3 is 9.73 Å². The fourth-order valence-electron chi connectivity index (χ4n) is 3.07. The highest BCUT2D eigenvalue weighted by Crippen LogP contribution is 2.28. The van der Waals surface area contributed by atoms with Gasteiger partial charge in [0.05, 0.1) is 11.4 Å². The van der Waals surface area contributed by atoms with Gasteiger partial charge >= 0.3 is 0 Å². The summed E-state index contributed by atoms with van der Waals surface area (Å²) in [5, 5.41) is 8.17. The van der Waals surface area contributed by atoms with Crippen LogP contribution in [-0.2, 0) is 6.42 Å². The van der Waals surface area contributed by atoms with Crippen LogP contribution >= 0.6 is 0 Å². The Bertz CT molecular complexity index is 1080. The van der Waals surface area contributed by atoms with Crippen molar-refractivity contribution >= 4 is 22.6 Å². The first kappa shape index (κ1) is 16.1. The van der Waals surface area contributed by atoms with E-state index in [9.17, 15) is 4.79 Å². The summed E-state index contributed by atoms with van der Waals surface area (Å²) in [4.78, 5) is 12.8. The molecule has 0 aliphatic carbocycles. The summed E-state index contributed by atoms with van der Waals surface area (Å²) in [6.45, 7) is 4.02. The monoisotopic (exact) mass is 345 g/mol. The average molecular weight is 345 g/mol. The van der Waals surface area contributed by atoms with E-state index in [1.165, 1.54) is 5.56 Å². The topological polar surface area (TPSA) is 60.1 Å². The number of anilines is 1. The van der Waals surface area contributed by atoms with Crippen molar-refractivity contribution in [1.29, 1.82) is 0 Å². The van der Waals surface area contributed by atoms with Gasteiger partial charge in [-0.25, -0.2) is 4.68 Å². The third-order valence-electron chi connectivity index (χ3n) is 4.52. The number of fused-ring (bicyclic) bond motifs is 1. The van der Waals surface area contributed by atoms with E-state index in [0.29, 0.717) is 11.4 Å². The Morgan fingerprint density at radius 1 is 1.19 bits per heavy atom. The van der Waals surface area contributed by atoms with Gasteiger partial charge in [-0.15, -0.1) is 0 Å². The van der Waals surface area contributed by atoms with Gasteiger partial charge in [0.2, 0.25) is 0 Å². The Labute approximate surface area is 151 Å². The predicted octanol–water partition coefficient (Wildman–Crippen LogP) is 4.74. The van der Waals surface area contributed by atoms with Gasteiger partial charge in [-0.3, -0.25) is 4.79 Å². The Morgan fingerprint density at radius 2 is 2.04 bits per heavy atom. The molecule has 0 unspecified atom stereocenters. The lowest BCUT2D eigenvalue weighted by molar-refractivity contribution is 0.0998. The number of rotatable bonds is 4. The first-order chi connectivity index (χ1) is 12.7. The molecule has 2 heterocycles. The van der Waals surface area contributed by atoms with Crippen LogP contribution < -0.4 is 5.32 Å². The molecule has 130 valence electrons. The molecule has 0 saturated heterocycles. The number of para-hydroxylation sites is 2. The minimum atomic E-state index is -0.267. The lowest BCUT2D eigenvalue weighted by Crippen LogP contribution is -2.14. The molecule has 1 N–H and O–H groups in total. The number of carbonyl (C=O) groups excluding carboxylic acids is 1. The van der Waals surface area contributed by atoms with E-state index in [0.717, 1.165) is 28.6 Å². The van der Waals surface area contributed by atoms with E-state index in [1.807, 2.05) is 55.6 Å². The molecule has 4 aromatic rings. The van der Waals surface area contributed by atoms with E-state index in [-0.39, 0.29) is 5.91 Å². The Hall–Kier alpha value is -3.34. The third-order valence-corrected chi connectivity index (χ3v) is 4.52. The summed E-state index contributed by atoms with van der Waals surface area (Å²) < 4.78 is 7.55. The summed E-state index contributed by atoms with van der Waals surface area (Å²) in [6, 6.07) is 15.4. The first-order valence-corrected chi connectivity index (χ1v) is 8.60. The van der Waals surface area contributed by atoms with E-state index < -0.39 is 0 Å². The Morgan fingerprint density at radius 3 is 2.81 bits per heavy atom. The summed E-state index contributed by atoms with van der Waals surface area (Å²) in [7, 11) is 0. The van der Waals surface area contributed by atoms with Crippen molar-refractivity contribution in [3.05, 3.63) is 77.8 Å². The minimum absolute atomic E-state index is 0.267. The van der Waals surface area contributed by atoms with Crippen LogP contribution in [0.25, 0.3) is 16.7 Å². The zero-order chi connectivity index (χ0) is 18.1. The molecule has 0 aliphatic heterocycles. The van der Waals surface area contributed by atoms with Gasteiger partial charge in [0.15, 0.2) is 5.76 Å². The molecular weight excluding hydrogens is 326 g/mol. The molecule has 5 nitrogen and oxygen atoms in total. The van der Waals surface area contributed by atoms with Crippen LogP contribution in [0.15, 0.2) is 65.3 Å². The Kier molecular flexibility index (Phi) is 4.05. The zero-order valence-corrected chi connectivity index (χ0v) is 14.7. The highest BCUT2D eigenvalue weighted by Gasteiger charge is 2.19. The molecule has 5 heteroatoms. The van der Waals surface area contributed by atoms with Crippen molar-refractivity contribution < 1.29 is 9.21 Å². The lowest BCUT2D eigenvalue weighted by Gasteiger charge is -2.10. The average Bonchev–Trinajstić information content (AvgIpc) is 3.30. The second-order valence-electron chi connectivity index (χ2n) is 6.16. The van der Waals surface area contributed by atoms with E-state index in [4.69, 9.17) is 4.42 Å². The van der Waals surface area contributed by atoms with Crippen molar-refractivity contribution in [2.75, 3.05) is 5.32 Å². The molecule has 0 fully saturated rings. The van der Waals surface area contributed by atoms with Crippen LogP contribution in [0.2, 0.25) is 0 Å². The van der Waals surface area contributed by atoms with Gasteiger partial charge in [-0.05, 0) is 49.2 Å². The number of amides is 1. The standard InChI is InChI=1S/C21H19N3O2/c1-3-15-9-10-19-16(13-15)14(2)20(26-19)21(25)23-17-7-4-5-8-18(17)24-12-6-11-22-24/h4-13H,3H2,1-2H3,(H,23,25). The van der Waals surface area contributed by atoms with Gasteiger partial charge in [0, 0.05) is 23.3 Å². The van der Waals surface area contributed by atoms with Gasteiger partial charge in [-0.1, -0.05) is 25.1 Å². The molecule has 0 aliphatic rings. The molecular formula is C21H19N3O2. The molecule has 1 amide bonds. The summed E-state index contributed by atoms with van der Waals surface area (Å²) in [5.41, 5.74) is 4.27. The number of hydrogen-bond acceptors (Lipinski definition) is 3. The minimum Gasteiger partial charge on any atom is -0.451 e. The fourth-order valence-corrected chi connectivity index (χ4v) is 3.07. The van der Waals surface area contributed by atoms with Gasteiger partial charge in [-0.2, -0.15) is 5.10 Å². The fraction of sp³-hybridized carbons (Fsp3) is 0.143. The molecule has 26 heavy (non-hydrogen) atoms. The van der Waals surface area contributed by atoms with Crippen LogP contribution in [0, 0.1) is 6.92 Å². The molecule has 0 bridgehead atoms. The third kappa shape index (κ3) is 2.77. The van der Waals surface area contributed by atoms with Crippen molar-refractivity contribution in [2.24, 2.45) is 0 Å². The quantitative estimate of drug-likeness (QED) is 0.581. The SMILES string of the molecule is CCc1ccc2oc(C(=O)Nc3ccccc3-n3cccn3)c(C)c2c1. The van der Waals surface area contributed by atoms with Gasteiger partial charge in [0.25, 0.3) is 5.91 Å². The molecule has 2 aromatic carbocycles. The number of aryl methyl sites for hydroxylation is 2. The van der Waals surface area contributed by atoms with Crippen molar-refractivity contribution in [1.82, 2.24) is 9.78 Å². The maximum absolute atomic E-state index is 12.8. The van der Waals surface area contributed by atoms with Crippen LogP contribution in [0.4, 0.5) is 5.69 Å². The van der Waals surface area contributed by atoms with E-state index in [1.54, 1.807) is 10.9 Å². The van der Waals surface area contributed by atoms with Crippen LogP contribution in [0.5, 0.6) is 0 Å². The number of benzene rings is 2. The van der Waals surface area contributed by atoms with E-state index >= 15 is 0 Å². The van der Waals surface area contributed by atoms with Gasteiger partial charge in [0.1, 0.15) is 5.58 Å². The molecule has 2 aromatic heterocycles. The summed E-state index contributed by atoms with van der Waals surface area (Å²) >= 11 is 0. The molecule has 0 radical (unpaired) electrons. The normalized spacial score (nSPS) is 11.0. The molecule has 0 saturated carbocycles. The van der Waals surface area contributed by atoms with Crippen LogP contribution in [-0.4, -0.2) is 15.7 Å². The highest BCUT2D eigenvalue weighted by molar-refractivity contribution is 6.07. The summed E-state index contributed by atoms with van der Waals surface area (Å²) in [5.74, 6) is 0.0693. The molecule has 0 spiro atoms. The second-order valence-corrected chi connectivity index (χ2v) is 6.16. The molecule has 4 rings (SSSR count). The summed E-state index contributed by atoms with van der Waals surface area (Å²) in [6.07, 6.45) is 4.48. The maximum Gasteiger partial charge on any atom is 0.291 e. The number of furan rings is 1. The number of nitrogens with zero attached hydrogens (tertiary/aromatic N) is 2. The zero-order valence-electron chi connectivity index (χ0n) is 14.7. The second kappa shape index (κ2) is 6.52. The Balaban J connectivity index is 1.70. The maximum atomic E-state index is 12.8. The van der Waals surface area contributed by atoms with Crippen LogP contribution in [0.1, 0.15) is 28.6 Å².